The summed E-state index contributed by atoms with van der Waals surface area (Å²) >= 11 is 0. The van der Waals surface area contributed by atoms with Gasteiger partial charge in [0.2, 0.25) is 5.91 Å². The van der Waals surface area contributed by atoms with Crippen molar-refractivity contribution < 1.29 is 4.79 Å². The number of anilines is 1. The highest BCUT2D eigenvalue weighted by atomic mass is 16.2. The lowest BCUT2D eigenvalue weighted by molar-refractivity contribution is -0.132. The Balaban J connectivity index is 1.88. The first kappa shape index (κ1) is 11.6. The van der Waals surface area contributed by atoms with Gasteiger partial charge in [0.05, 0.1) is 5.41 Å². The lowest BCUT2D eigenvalue weighted by Crippen LogP contribution is -2.40. The van der Waals surface area contributed by atoms with Crippen molar-refractivity contribution in [1.29, 1.82) is 0 Å². The molecule has 0 aromatic heterocycles. The van der Waals surface area contributed by atoms with Crippen molar-refractivity contribution in [2.75, 3.05) is 25.5 Å². The molecule has 3 nitrogen and oxygen atoms in total. The number of amides is 1. The number of hydrogen-bond donors (Lipinski definition) is 1. The van der Waals surface area contributed by atoms with Crippen LogP contribution in [0.3, 0.4) is 0 Å². The second kappa shape index (κ2) is 4.01. The molecule has 2 aliphatic rings. The number of carbonyl (C=O) groups is 1. The van der Waals surface area contributed by atoms with Crippen LogP contribution in [0, 0.1) is 5.41 Å². The molecule has 1 atom stereocenters. The van der Waals surface area contributed by atoms with Crippen LogP contribution in [-0.2, 0) is 4.79 Å². The van der Waals surface area contributed by atoms with Crippen molar-refractivity contribution in [2.24, 2.45) is 5.41 Å². The first-order valence-electron chi connectivity index (χ1n) is 6.69. The molecule has 3 rings (SSSR count). The standard InChI is InChI=1S/C15H20N2O/c1-17(2)12-6-4-11(5-7-12)13-10-16-14(18)15(13)8-3-9-15/h4-7,13H,3,8-10H2,1-2H3,(H,16,18)/t13-/m1/s1. The van der Waals surface area contributed by atoms with Crippen LogP contribution in [0.2, 0.25) is 0 Å². The van der Waals surface area contributed by atoms with Crippen molar-refractivity contribution in [3.63, 3.8) is 0 Å². The molecule has 1 spiro atoms. The SMILES string of the molecule is CN(C)c1ccc([C@H]2CNC(=O)C23CCC3)cc1. The van der Waals surface area contributed by atoms with Crippen molar-refractivity contribution in [3.8, 4) is 0 Å². The summed E-state index contributed by atoms with van der Waals surface area (Å²) in [7, 11) is 4.09. The van der Waals surface area contributed by atoms with E-state index in [2.05, 4.69) is 34.5 Å². The van der Waals surface area contributed by atoms with Gasteiger partial charge in [0.25, 0.3) is 0 Å². The van der Waals surface area contributed by atoms with Crippen molar-refractivity contribution >= 4 is 11.6 Å². The number of carbonyl (C=O) groups excluding carboxylic acids is 1. The fraction of sp³-hybridized carbons (Fsp3) is 0.533. The first-order chi connectivity index (χ1) is 8.63. The number of benzene rings is 1. The lowest BCUT2D eigenvalue weighted by Gasteiger charge is -2.40. The number of hydrogen-bond acceptors (Lipinski definition) is 2. The molecule has 1 aromatic rings. The van der Waals surface area contributed by atoms with E-state index in [1.54, 1.807) is 0 Å². The second-order valence-electron chi connectivity index (χ2n) is 5.76. The molecular weight excluding hydrogens is 224 g/mol. The smallest absolute Gasteiger partial charge is 0.226 e. The van der Waals surface area contributed by atoms with Gasteiger partial charge in [-0.3, -0.25) is 4.79 Å². The maximum absolute atomic E-state index is 12.0. The normalized spacial score (nSPS) is 24.8. The summed E-state index contributed by atoms with van der Waals surface area (Å²) in [5, 5.41) is 3.05. The molecule has 2 fully saturated rings. The molecule has 1 N–H and O–H groups in total. The van der Waals surface area contributed by atoms with Crippen LogP contribution >= 0.6 is 0 Å². The molecule has 1 saturated heterocycles. The van der Waals surface area contributed by atoms with E-state index >= 15 is 0 Å². The summed E-state index contributed by atoms with van der Waals surface area (Å²) in [5.74, 6) is 0.644. The van der Waals surface area contributed by atoms with Crippen LogP contribution in [0.4, 0.5) is 5.69 Å². The van der Waals surface area contributed by atoms with Crippen molar-refractivity contribution in [3.05, 3.63) is 29.8 Å². The Morgan fingerprint density at radius 3 is 2.39 bits per heavy atom. The van der Waals surface area contributed by atoms with Crippen LogP contribution in [0.25, 0.3) is 0 Å². The molecular formula is C15H20N2O. The average molecular weight is 244 g/mol. The monoisotopic (exact) mass is 244 g/mol. The average Bonchev–Trinajstić information content (AvgIpc) is 2.66. The lowest BCUT2D eigenvalue weighted by atomic mass is 9.61. The van der Waals surface area contributed by atoms with Gasteiger partial charge >= 0.3 is 0 Å². The Kier molecular flexibility index (Phi) is 2.58. The molecule has 0 radical (unpaired) electrons. The zero-order chi connectivity index (χ0) is 12.8. The highest BCUT2D eigenvalue weighted by Gasteiger charge is 2.54. The van der Waals surface area contributed by atoms with E-state index in [9.17, 15) is 4.79 Å². The Morgan fingerprint density at radius 2 is 1.89 bits per heavy atom. The fourth-order valence-corrected chi connectivity index (χ4v) is 3.30. The van der Waals surface area contributed by atoms with Crippen LogP contribution in [0.15, 0.2) is 24.3 Å². The van der Waals surface area contributed by atoms with E-state index in [1.165, 1.54) is 17.7 Å². The zero-order valence-electron chi connectivity index (χ0n) is 11.1. The van der Waals surface area contributed by atoms with Crippen molar-refractivity contribution in [1.82, 2.24) is 5.32 Å². The summed E-state index contributed by atoms with van der Waals surface area (Å²) in [6, 6.07) is 8.65. The molecule has 1 saturated carbocycles. The highest BCUT2D eigenvalue weighted by Crippen LogP contribution is 2.54. The zero-order valence-corrected chi connectivity index (χ0v) is 11.1. The van der Waals surface area contributed by atoms with Gasteiger partial charge in [-0.05, 0) is 30.5 Å². The van der Waals surface area contributed by atoms with Gasteiger partial charge in [-0.2, -0.15) is 0 Å². The maximum atomic E-state index is 12.0. The molecule has 1 aromatic carbocycles. The van der Waals surface area contributed by atoms with Gasteiger partial charge in [-0.25, -0.2) is 0 Å². The molecule has 3 heteroatoms. The van der Waals surface area contributed by atoms with Gasteiger partial charge in [-0.15, -0.1) is 0 Å². The molecule has 0 unspecified atom stereocenters. The predicted octanol–water partition coefficient (Wildman–Crippen LogP) is 2.14. The first-order valence-corrected chi connectivity index (χ1v) is 6.69. The summed E-state index contributed by atoms with van der Waals surface area (Å²) < 4.78 is 0. The molecule has 1 aliphatic carbocycles. The van der Waals surface area contributed by atoms with E-state index in [0.29, 0.717) is 5.92 Å². The van der Waals surface area contributed by atoms with Gasteiger partial charge in [-0.1, -0.05) is 18.6 Å². The molecule has 18 heavy (non-hydrogen) atoms. The Labute approximate surface area is 108 Å². The Morgan fingerprint density at radius 1 is 1.22 bits per heavy atom. The minimum absolute atomic E-state index is 0.0837. The maximum Gasteiger partial charge on any atom is 0.226 e. The van der Waals surface area contributed by atoms with Crippen LogP contribution in [0.5, 0.6) is 0 Å². The third-order valence-corrected chi connectivity index (χ3v) is 4.64. The molecule has 1 amide bonds. The highest BCUT2D eigenvalue weighted by molar-refractivity contribution is 5.87. The molecule has 96 valence electrons. The van der Waals surface area contributed by atoms with E-state index in [-0.39, 0.29) is 11.3 Å². The second-order valence-corrected chi connectivity index (χ2v) is 5.76. The minimum atomic E-state index is -0.0837. The Hall–Kier alpha value is -1.51. The molecule has 0 bridgehead atoms. The van der Waals surface area contributed by atoms with Gasteiger partial charge < -0.3 is 10.2 Å². The van der Waals surface area contributed by atoms with Crippen LogP contribution in [-0.4, -0.2) is 26.5 Å². The summed E-state index contributed by atoms with van der Waals surface area (Å²) in [5.41, 5.74) is 2.43. The van der Waals surface area contributed by atoms with E-state index in [4.69, 9.17) is 0 Å². The third-order valence-electron chi connectivity index (χ3n) is 4.64. The van der Waals surface area contributed by atoms with E-state index in [0.717, 1.165) is 19.4 Å². The largest absolute Gasteiger partial charge is 0.378 e. The van der Waals surface area contributed by atoms with Crippen molar-refractivity contribution in [2.45, 2.75) is 25.2 Å². The van der Waals surface area contributed by atoms with Gasteiger partial charge in [0, 0.05) is 32.2 Å². The predicted molar refractivity (Wildman–Crippen MR) is 72.8 cm³/mol. The number of nitrogens with one attached hydrogen (secondary N) is 1. The quantitative estimate of drug-likeness (QED) is 0.864. The fourth-order valence-electron chi connectivity index (χ4n) is 3.30. The van der Waals surface area contributed by atoms with Gasteiger partial charge in [0.1, 0.15) is 0 Å². The van der Waals surface area contributed by atoms with Crippen LogP contribution < -0.4 is 10.2 Å². The van der Waals surface area contributed by atoms with E-state index in [1.807, 2.05) is 14.1 Å². The van der Waals surface area contributed by atoms with Gasteiger partial charge in [0.15, 0.2) is 0 Å². The number of nitrogens with zero attached hydrogens (tertiary/aromatic N) is 1. The number of rotatable bonds is 2. The topological polar surface area (TPSA) is 32.3 Å². The molecule has 1 aliphatic heterocycles. The summed E-state index contributed by atoms with van der Waals surface area (Å²) in [6.07, 6.45) is 3.30. The summed E-state index contributed by atoms with van der Waals surface area (Å²) in [6.45, 7) is 0.806. The van der Waals surface area contributed by atoms with E-state index < -0.39 is 0 Å². The van der Waals surface area contributed by atoms with Crippen LogP contribution in [0.1, 0.15) is 30.7 Å². The molecule has 1 heterocycles. The third kappa shape index (κ3) is 1.53. The summed E-state index contributed by atoms with van der Waals surface area (Å²) in [4.78, 5) is 14.1. The Bertz CT molecular complexity index is 460. The minimum Gasteiger partial charge on any atom is -0.378 e.